The first-order valence-electron chi connectivity index (χ1n) is 4.01. The molecule has 0 aliphatic heterocycles. The van der Waals surface area contributed by atoms with Crippen molar-refractivity contribution in [1.29, 1.82) is 0 Å². The SMILES string of the molecule is COCCN(O)Oc1ccccc1. The lowest BCUT2D eigenvalue weighted by Crippen LogP contribution is -2.27. The zero-order chi connectivity index (χ0) is 9.52. The number of hydroxylamine groups is 2. The highest BCUT2D eigenvalue weighted by atomic mass is 16.9. The van der Waals surface area contributed by atoms with Gasteiger partial charge in [-0.1, -0.05) is 18.2 Å². The molecule has 1 rings (SSSR count). The van der Waals surface area contributed by atoms with Crippen LogP contribution in [0.3, 0.4) is 0 Å². The molecule has 0 saturated heterocycles. The van der Waals surface area contributed by atoms with Gasteiger partial charge in [0, 0.05) is 7.11 Å². The highest BCUT2D eigenvalue weighted by molar-refractivity contribution is 5.20. The summed E-state index contributed by atoms with van der Waals surface area (Å²) < 4.78 is 4.77. The molecule has 4 heteroatoms. The molecular formula is C9H13NO3. The van der Waals surface area contributed by atoms with Gasteiger partial charge >= 0.3 is 0 Å². The summed E-state index contributed by atoms with van der Waals surface area (Å²) in [6, 6.07) is 9.06. The Kier molecular flexibility index (Phi) is 4.25. The molecule has 13 heavy (non-hydrogen) atoms. The standard InChI is InChI=1S/C9H13NO3/c1-12-8-7-10(11)13-9-5-3-2-4-6-9/h2-6,11H,7-8H2,1H3. The van der Waals surface area contributed by atoms with Gasteiger partial charge in [0.2, 0.25) is 0 Å². The predicted octanol–water partition coefficient (Wildman–Crippen LogP) is 1.32. The minimum absolute atomic E-state index is 0.311. The van der Waals surface area contributed by atoms with Gasteiger partial charge in [0.25, 0.3) is 0 Å². The van der Waals surface area contributed by atoms with E-state index in [1.807, 2.05) is 18.2 Å². The maximum absolute atomic E-state index is 9.16. The molecule has 0 spiro atoms. The zero-order valence-electron chi connectivity index (χ0n) is 7.51. The quantitative estimate of drug-likeness (QED) is 0.699. The van der Waals surface area contributed by atoms with E-state index in [4.69, 9.17) is 14.8 Å². The van der Waals surface area contributed by atoms with E-state index in [1.165, 1.54) is 0 Å². The van der Waals surface area contributed by atoms with Crippen molar-refractivity contribution >= 4 is 0 Å². The zero-order valence-corrected chi connectivity index (χ0v) is 7.51. The summed E-state index contributed by atoms with van der Waals surface area (Å²) in [5.74, 6) is 0.598. The fourth-order valence-electron chi connectivity index (χ4n) is 0.818. The number of hydrogen-bond acceptors (Lipinski definition) is 4. The van der Waals surface area contributed by atoms with E-state index < -0.39 is 0 Å². The van der Waals surface area contributed by atoms with Gasteiger partial charge in [-0.2, -0.15) is 0 Å². The van der Waals surface area contributed by atoms with Crippen molar-refractivity contribution in [3.8, 4) is 5.75 Å². The molecule has 0 aliphatic rings. The molecule has 4 nitrogen and oxygen atoms in total. The van der Waals surface area contributed by atoms with E-state index in [2.05, 4.69) is 0 Å². The second kappa shape index (κ2) is 5.53. The number of para-hydroxylation sites is 1. The fourth-order valence-corrected chi connectivity index (χ4v) is 0.818. The van der Waals surface area contributed by atoms with Crippen molar-refractivity contribution < 1.29 is 14.8 Å². The Morgan fingerprint density at radius 2 is 2.00 bits per heavy atom. The average molecular weight is 183 g/mol. The van der Waals surface area contributed by atoms with E-state index in [-0.39, 0.29) is 0 Å². The smallest absolute Gasteiger partial charge is 0.150 e. The predicted molar refractivity (Wildman–Crippen MR) is 47.4 cm³/mol. The van der Waals surface area contributed by atoms with Crippen LogP contribution >= 0.6 is 0 Å². The van der Waals surface area contributed by atoms with Gasteiger partial charge in [0.1, 0.15) is 0 Å². The minimum Gasteiger partial charge on any atom is -0.383 e. The maximum Gasteiger partial charge on any atom is 0.150 e. The monoisotopic (exact) mass is 183 g/mol. The van der Waals surface area contributed by atoms with Crippen LogP contribution in [0.5, 0.6) is 5.75 Å². The largest absolute Gasteiger partial charge is 0.383 e. The second-order valence-electron chi connectivity index (χ2n) is 2.47. The molecule has 0 atom stereocenters. The summed E-state index contributed by atoms with van der Waals surface area (Å²) in [6.45, 7) is 0.731. The van der Waals surface area contributed by atoms with Gasteiger partial charge < -0.3 is 9.57 Å². The van der Waals surface area contributed by atoms with Gasteiger partial charge in [-0.05, 0) is 17.4 Å². The summed E-state index contributed by atoms with van der Waals surface area (Å²) in [6.07, 6.45) is 0. The minimum atomic E-state index is 0.311. The van der Waals surface area contributed by atoms with Crippen molar-refractivity contribution in [2.24, 2.45) is 0 Å². The van der Waals surface area contributed by atoms with Crippen LogP contribution in [-0.4, -0.2) is 30.7 Å². The van der Waals surface area contributed by atoms with Crippen LogP contribution in [0, 0.1) is 0 Å². The third kappa shape index (κ3) is 3.89. The molecule has 0 bridgehead atoms. The van der Waals surface area contributed by atoms with E-state index in [0.717, 1.165) is 5.23 Å². The molecule has 1 aromatic rings. The number of rotatable bonds is 5. The van der Waals surface area contributed by atoms with Crippen molar-refractivity contribution in [3.63, 3.8) is 0 Å². The van der Waals surface area contributed by atoms with Crippen LogP contribution in [0.25, 0.3) is 0 Å². The Balaban J connectivity index is 2.32. The lowest BCUT2D eigenvalue weighted by molar-refractivity contribution is -0.285. The van der Waals surface area contributed by atoms with Gasteiger partial charge in [-0.25, -0.2) is 0 Å². The molecule has 0 fully saturated rings. The van der Waals surface area contributed by atoms with Crippen molar-refractivity contribution in [3.05, 3.63) is 30.3 Å². The number of benzene rings is 1. The third-order valence-corrected chi connectivity index (χ3v) is 1.44. The lowest BCUT2D eigenvalue weighted by atomic mass is 10.3. The summed E-state index contributed by atoms with van der Waals surface area (Å²) in [7, 11) is 1.57. The highest BCUT2D eigenvalue weighted by Gasteiger charge is 2.00. The first-order valence-corrected chi connectivity index (χ1v) is 4.01. The topological polar surface area (TPSA) is 41.9 Å². The van der Waals surface area contributed by atoms with Crippen LogP contribution in [0.4, 0.5) is 0 Å². The molecule has 0 amide bonds. The number of methoxy groups -OCH3 is 1. The lowest BCUT2D eigenvalue weighted by Gasteiger charge is -2.14. The van der Waals surface area contributed by atoms with Crippen LogP contribution in [0.2, 0.25) is 0 Å². The van der Waals surface area contributed by atoms with Crippen molar-refractivity contribution in [1.82, 2.24) is 5.23 Å². The Labute approximate surface area is 77.2 Å². The van der Waals surface area contributed by atoms with E-state index in [0.29, 0.717) is 18.9 Å². The molecular weight excluding hydrogens is 170 g/mol. The molecule has 0 aliphatic carbocycles. The van der Waals surface area contributed by atoms with E-state index in [9.17, 15) is 0 Å². The van der Waals surface area contributed by atoms with Crippen LogP contribution in [-0.2, 0) is 4.74 Å². The van der Waals surface area contributed by atoms with Crippen molar-refractivity contribution in [2.75, 3.05) is 20.3 Å². The number of nitrogens with zero attached hydrogens (tertiary/aromatic N) is 1. The molecule has 0 radical (unpaired) electrons. The van der Waals surface area contributed by atoms with Crippen molar-refractivity contribution in [2.45, 2.75) is 0 Å². The van der Waals surface area contributed by atoms with Gasteiger partial charge in [0.15, 0.2) is 5.75 Å². The molecule has 72 valence electrons. The normalized spacial score (nSPS) is 10.4. The fraction of sp³-hybridized carbons (Fsp3) is 0.333. The molecule has 1 N–H and O–H groups in total. The van der Waals surface area contributed by atoms with Crippen LogP contribution in [0.15, 0.2) is 30.3 Å². The average Bonchev–Trinajstić information content (AvgIpc) is 2.16. The Bertz CT molecular complexity index is 228. The Morgan fingerprint density at radius 3 is 2.62 bits per heavy atom. The Morgan fingerprint density at radius 1 is 1.31 bits per heavy atom. The highest BCUT2D eigenvalue weighted by Crippen LogP contribution is 2.08. The second-order valence-corrected chi connectivity index (χ2v) is 2.47. The number of hydrogen-bond donors (Lipinski definition) is 1. The summed E-state index contributed by atoms with van der Waals surface area (Å²) in [5.41, 5.74) is 0. The van der Waals surface area contributed by atoms with Gasteiger partial charge in [-0.3, -0.25) is 5.21 Å². The molecule has 0 aromatic heterocycles. The molecule has 0 unspecified atom stereocenters. The molecule has 0 heterocycles. The Hall–Kier alpha value is -1.10. The third-order valence-electron chi connectivity index (χ3n) is 1.44. The van der Waals surface area contributed by atoms with E-state index in [1.54, 1.807) is 19.2 Å². The van der Waals surface area contributed by atoms with Crippen LogP contribution < -0.4 is 4.84 Å². The first kappa shape index (κ1) is 9.98. The van der Waals surface area contributed by atoms with Gasteiger partial charge in [-0.15, -0.1) is 0 Å². The molecule has 0 saturated carbocycles. The summed E-state index contributed by atoms with van der Waals surface area (Å²) in [4.78, 5) is 5.03. The summed E-state index contributed by atoms with van der Waals surface area (Å²) >= 11 is 0. The first-order chi connectivity index (χ1) is 6.33. The number of ether oxygens (including phenoxy) is 1. The molecule has 1 aromatic carbocycles. The van der Waals surface area contributed by atoms with Gasteiger partial charge in [0.05, 0.1) is 13.2 Å². The maximum atomic E-state index is 9.16. The van der Waals surface area contributed by atoms with Crippen LogP contribution in [0.1, 0.15) is 0 Å². The van der Waals surface area contributed by atoms with E-state index >= 15 is 0 Å². The summed E-state index contributed by atoms with van der Waals surface area (Å²) in [5, 5.41) is 9.91.